The maximum absolute atomic E-state index is 14.7. The summed E-state index contributed by atoms with van der Waals surface area (Å²) in [5.41, 5.74) is 0.0424. The molecule has 3 N–H and O–H groups in total. The van der Waals surface area contributed by atoms with Crippen molar-refractivity contribution in [3.05, 3.63) is 39.9 Å². The van der Waals surface area contributed by atoms with E-state index >= 15 is 0 Å². The highest BCUT2D eigenvalue weighted by Crippen LogP contribution is 2.26. The van der Waals surface area contributed by atoms with E-state index in [0.717, 1.165) is 18.9 Å². The van der Waals surface area contributed by atoms with Crippen LogP contribution in [0, 0.1) is 11.7 Å². The maximum atomic E-state index is 14.7. The summed E-state index contributed by atoms with van der Waals surface area (Å²) in [5, 5.41) is 14.2. The number of carbonyl (C=O) groups is 2. The summed E-state index contributed by atoms with van der Waals surface area (Å²) in [7, 11) is 0. The molecule has 0 bridgehead atoms. The molecule has 1 heterocycles. The van der Waals surface area contributed by atoms with Crippen molar-refractivity contribution in [2.24, 2.45) is 5.92 Å². The average molecular weight is 403 g/mol. The van der Waals surface area contributed by atoms with Crippen LogP contribution in [-0.4, -0.2) is 34.6 Å². The molecule has 3 rings (SSSR count). The lowest BCUT2D eigenvalue weighted by atomic mass is 9.89. The molecule has 2 aromatic rings. The number of halogens is 1. The van der Waals surface area contributed by atoms with Crippen molar-refractivity contribution in [2.45, 2.75) is 45.6 Å². The van der Waals surface area contributed by atoms with Gasteiger partial charge in [-0.25, -0.2) is 4.39 Å². The number of hydrogen-bond donors (Lipinski definition) is 3. The summed E-state index contributed by atoms with van der Waals surface area (Å²) in [6.45, 7) is 2.40. The Balaban J connectivity index is 1.93. The smallest absolute Gasteiger partial charge is 0.322 e. The minimum absolute atomic E-state index is 0.0931. The van der Waals surface area contributed by atoms with Gasteiger partial charge in [-0.05, 0) is 37.8 Å². The van der Waals surface area contributed by atoms with Crippen LogP contribution in [-0.2, 0) is 11.3 Å². The number of amides is 1. The average Bonchev–Trinajstić information content (AvgIpc) is 2.72. The van der Waals surface area contributed by atoms with Crippen LogP contribution < -0.4 is 16.1 Å². The molecule has 0 spiro atoms. The second kappa shape index (κ2) is 9.07. The molecule has 8 heteroatoms. The third-order valence-electron chi connectivity index (χ3n) is 5.46. The first-order valence-corrected chi connectivity index (χ1v) is 10.0. The maximum Gasteiger partial charge on any atom is 0.322 e. The highest BCUT2D eigenvalue weighted by Gasteiger charge is 2.19. The van der Waals surface area contributed by atoms with Gasteiger partial charge in [0.25, 0.3) is 5.91 Å². The van der Waals surface area contributed by atoms with Crippen LogP contribution in [0.3, 0.4) is 0 Å². The Morgan fingerprint density at radius 3 is 2.62 bits per heavy atom. The van der Waals surface area contributed by atoms with Gasteiger partial charge < -0.3 is 20.3 Å². The third-order valence-corrected chi connectivity index (χ3v) is 5.46. The number of anilines is 1. The lowest BCUT2D eigenvalue weighted by Gasteiger charge is -2.22. The van der Waals surface area contributed by atoms with E-state index in [9.17, 15) is 18.8 Å². The first-order chi connectivity index (χ1) is 13.9. The molecular weight excluding hydrogens is 377 g/mol. The zero-order valence-corrected chi connectivity index (χ0v) is 16.5. The number of carbonyl (C=O) groups excluding carboxylic acids is 1. The topological polar surface area (TPSA) is 100 Å². The summed E-state index contributed by atoms with van der Waals surface area (Å²) >= 11 is 0. The van der Waals surface area contributed by atoms with Gasteiger partial charge in [0.05, 0.1) is 11.2 Å². The lowest BCUT2D eigenvalue weighted by molar-refractivity contribution is -0.135. The lowest BCUT2D eigenvalue weighted by Crippen LogP contribution is -2.33. The van der Waals surface area contributed by atoms with Crippen molar-refractivity contribution >= 4 is 28.5 Å². The van der Waals surface area contributed by atoms with E-state index in [1.807, 2.05) is 6.92 Å². The molecule has 1 fully saturated rings. The van der Waals surface area contributed by atoms with Crippen molar-refractivity contribution in [3.8, 4) is 0 Å². The molecule has 1 saturated carbocycles. The van der Waals surface area contributed by atoms with E-state index in [-0.39, 0.29) is 10.9 Å². The van der Waals surface area contributed by atoms with Gasteiger partial charge in [-0.2, -0.15) is 0 Å². The molecule has 0 radical (unpaired) electrons. The van der Waals surface area contributed by atoms with Crippen molar-refractivity contribution < 1.29 is 19.1 Å². The van der Waals surface area contributed by atoms with Crippen LogP contribution in [0.1, 0.15) is 49.4 Å². The number of rotatable bonds is 7. The van der Waals surface area contributed by atoms with Crippen molar-refractivity contribution in [1.29, 1.82) is 0 Å². The number of fused-ring (bicyclic) bond motifs is 1. The number of benzene rings is 1. The molecule has 1 aromatic carbocycles. The summed E-state index contributed by atoms with van der Waals surface area (Å²) < 4.78 is 16.4. The van der Waals surface area contributed by atoms with Crippen LogP contribution in [0.2, 0.25) is 0 Å². The van der Waals surface area contributed by atoms with Gasteiger partial charge in [0, 0.05) is 24.7 Å². The Labute approximate surface area is 167 Å². The van der Waals surface area contributed by atoms with Crippen molar-refractivity contribution in [1.82, 2.24) is 9.88 Å². The van der Waals surface area contributed by atoms with Gasteiger partial charge in [-0.15, -0.1) is 0 Å². The van der Waals surface area contributed by atoms with Crippen molar-refractivity contribution in [2.75, 3.05) is 18.4 Å². The number of aliphatic carboxylic acids is 1. The van der Waals surface area contributed by atoms with Crippen LogP contribution in [0.4, 0.5) is 10.1 Å². The Hall–Kier alpha value is -2.90. The van der Waals surface area contributed by atoms with Gasteiger partial charge in [0.2, 0.25) is 5.43 Å². The van der Waals surface area contributed by atoms with Gasteiger partial charge in [0.15, 0.2) is 0 Å². The molecule has 7 nitrogen and oxygen atoms in total. The molecule has 1 aliphatic carbocycles. The van der Waals surface area contributed by atoms with Crippen LogP contribution in [0.5, 0.6) is 0 Å². The second-order valence-electron chi connectivity index (χ2n) is 7.47. The largest absolute Gasteiger partial charge is 0.480 e. The Morgan fingerprint density at radius 1 is 1.24 bits per heavy atom. The minimum atomic E-state index is -1.21. The second-order valence-corrected chi connectivity index (χ2v) is 7.47. The first-order valence-electron chi connectivity index (χ1n) is 10.0. The van der Waals surface area contributed by atoms with E-state index < -0.39 is 29.7 Å². The number of nitrogens with one attached hydrogen (secondary N) is 2. The standard InChI is InChI=1S/C21H26FN3O4/c1-2-25-12-15(21(29)24-11-19(26)27)20(28)14-8-16(22)17(9-18(14)25)23-10-13-6-4-3-5-7-13/h8-9,12-13,23H,2-7,10-11H2,1H3,(H,24,29)(H,26,27). The Bertz CT molecular complexity index is 980. The predicted molar refractivity (Wildman–Crippen MR) is 109 cm³/mol. The fraction of sp³-hybridized carbons (Fsp3) is 0.476. The van der Waals surface area contributed by atoms with Gasteiger partial charge in [-0.1, -0.05) is 19.3 Å². The number of pyridine rings is 1. The van der Waals surface area contributed by atoms with Crippen LogP contribution >= 0.6 is 0 Å². The third kappa shape index (κ3) is 4.75. The molecule has 0 atom stereocenters. The van der Waals surface area contributed by atoms with Gasteiger partial charge >= 0.3 is 5.97 Å². The van der Waals surface area contributed by atoms with Crippen molar-refractivity contribution in [3.63, 3.8) is 0 Å². The predicted octanol–water partition coefficient (Wildman–Crippen LogP) is 2.97. The Morgan fingerprint density at radius 2 is 1.97 bits per heavy atom. The monoisotopic (exact) mass is 403 g/mol. The Kier molecular flexibility index (Phi) is 6.51. The van der Waals surface area contributed by atoms with E-state index in [2.05, 4.69) is 10.6 Å². The number of carboxylic acids is 1. The molecule has 29 heavy (non-hydrogen) atoms. The first kappa shape index (κ1) is 20.8. The highest BCUT2D eigenvalue weighted by molar-refractivity contribution is 5.98. The van der Waals surface area contributed by atoms with Gasteiger partial charge in [0.1, 0.15) is 17.9 Å². The number of aromatic nitrogens is 1. The summed E-state index contributed by atoms with van der Waals surface area (Å²) in [5.74, 6) is -2.03. The quantitative estimate of drug-likeness (QED) is 0.660. The molecule has 1 aromatic heterocycles. The highest BCUT2D eigenvalue weighted by atomic mass is 19.1. The molecular formula is C21H26FN3O4. The molecule has 1 amide bonds. The van der Waals surface area contributed by atoms with Crippen LogP contribution in [0.15, 0.2) is 23.1 Å². The molecule has 1 aliphatic rings. The number of carboxylic acid groups (broad SMARTS) is 1. The van der Waals surface area contributed by atoms with E-state index in [1.54, 1.807) is 10.6 Å². The van der Waals surface area contributed by atoms with E-state index in [0.29, 0.717) is 30.2 Å². The fourth-order valence-corrected chi connectivity index (χ4v) is 3.87. The zero-order chi connectivity index (χ0) is 21.0. The summed E-state index contributed by atoms with van der Waals surface area (Å²) in [4.78, 5) is 35.6. The number of aryl methyl sites for hydroxylation is 1. The summed E-state index contributed by atoms with van der Waals surface area (Å²) in [6, 6.07) is 2.76. The number of hydrogen-bond acceptors (Lipinski definition) is 4. The van der Waals surface area contributed by atoms with E-state index in [4.69, 9.17) is 5.11 Å². The van der Waals surface area contributed by atoms with Crippen LogP contribution in [0.25, 0.3) is 10.9 Å². The molecule has 156 valence electrons. The zero-order valence-electron chi connectivity index (χ0n) is 16.5. The van der Waals surface area contributed by atoms with Gasteiger partial charge in [-0.3, -0.25) is 14.4 Å². The summed E-state index contributed by atoms with van der Waals surface area (Å²) in [6.07, 6.45) is 7.33. The number of nitrogens with zero attached hydrogens (tertiary/aromatic N) is 1. The normalized spacial score (nSPS) is 14.7. The molecule has 0 saturated heterocycles. The SMILES string of the molecule is CCn1cc(C(=O)NCC(=O)O)c(=O)c2cc(F)c(NCC3CCCCC3)cc21. The molecule has 0 unspecified atom stereocenters. The molecule has 0 aliphatic heterocycles. The fourth-order valence-electron chi connectivity index (χ4n) is 3.87. The minimum Gasteiger partial charge on any atom is -0.480 e. The van der Waals surface area contributed by atoms with E-state index in [1.165, 1.54) is 25.5 Å².